The number of aromatic nitrogens is 3. The van der Waals surface area contributed by atoms with Gasteiger partial charge in [0.2, 0.25) is 15.7 Å². The summed E-state index contributed by atoms with van der Waals surface area (Å²) in [6, 6.07) is 17.4. The van der Waals surface area contributed by atoms with Crippen LogP contribution in [0.15, 0.2) is 80.6 Å². The van der Waals surface area contributed by atoms with Crippen molar-refractivity contribution in [3.63, 3.8) is 0 Å². The van der Waals surface area contributed by atoms with Gasteiger partial charge in [0.1, 0.15) is 18.1 Å². The van der Waals surface area contributed by atoms with Crippen LogP contribution in [-0.4, -0.2) is 28.5 Å². The quantitative estimate of drug-likeness (QED) is 0.322. The van der Waals surface area contributed by atoms with Gasteiger partial charge < -0.3 is 14.8 Å². The number of nitrogens with zero attached hydrogens (tertiary/aromatic N) is 1. The molecule has 3 heterocycles. The number of aromatic hydroxyl groups is 1. The van der Waals surface area contributed by atoms with E-state index in [0.29, 0.717) is 12.4 Å². The molecule has 0 spiro atoms. The number of fused-ring (bicyclic) bond motifs is 1. The molecule has 34 heavy (non-hydrogen) atoms. The number of hydrogen-bond acceptors (Lipinski definition) is 7. The summed E-state index contributed by atoms with van der Waals surface area (Å²) in [7, 11) is -3.90. The van der Waals surface area contributed by atoms with Crippen LogP contribution in [0.4, 0.5) is 0 Å². The van der Waals surface area contributed by atoms with Gasteiger partial charge in [0.25, 0.3) is 0 Å². The molecule has 8 nitrogen and oxygen atoms in total. The Balaban J connectivity index is 1.40. The first-order chi connectivity index (χ1) is 16.3. The summed E-state index contributed by atoms with van der Waals surface area (Å²) in [5.41, 5.74) is 2.19. The number of H-pyrrole nitrogens is 2. The van der Waals surface area contributed by atoms with Crippen LogP contribution in [0.2, 0.25) is 0 Å². The monoisotopic (exact) mass is 493 g/mol. The Morgan fingerprint density at radius 3 is 2.56 bits per heavy atom. The Hall–Kier alpha value is -3.89. The number of thiophene rings is 1. The fourth-order valence-electron chi connectivity index (χ4n) is 3.75. The van der Waals surface area contributed by atoms with Gasteiger partial charge in [-0.1, -0.05) is 18.2 Å². The number of para-hydroxylation sites is 1. The van der Waals surface area contributed by atoms with E-state index in [1.807, 2.05) is 37.3 Å². The van der Waals surface area contributed by atoms with Crippen molar-refractivity contribution in [2.24, 2.45) is 0 Å². The van der Waals surface area contributed by atoms with Crippen molar-refractivity contribution in [1.29, 1.82) is 0 Å². The minimum atomic E-state index is -3.90. The molecule has 0 aliphatic heterocycles. The highest BCUT2D eigenvalue weighted by Gasteiger charge is 2.25. The van der Waals surface area contributed by atoms with Crippen molar-refractivity contribution in [1.82, 2.24) is 15.0 Å². The van der Waals surface area contributed by atoms with Gasteiger partial charge in [-0.05, 0) is 54.8 Å². The van der Waals surface area contributed by atoms with E-state index in [1.165, 1.54) is 18.2 Å². The van der Waals surface area contributed by atoms with Crippen LogP contribution in [0.3, 0.4) is 0 Å². The van der Waals surface area contributed by atoms with E-state index < -0.39 is 21.4 Å². The minimum absolute atomic E-state index is 0.00421. The third-order valence-corrected chi connectivity index (χ3v) is 8.18. The summed E-state index contributed by atoms with van der Waals surface area (Å²) < 4.78 is 32.4. The van der Waals surface area contributed by atoms with Crippen molar-refractivity contribution < 1.29 is 18.3 Å². The second kappa shape index (κ2) is 8.47. The zero-order chi connectivity index (χ0) is 23.9. The molecule has 3 N–H and O–H groups in total. The Morgan fingerprint density at radius 1 is 1.06 bits per heavy atom. The maximum absolute atomic E-state index is 13.3. The minimum Gasteiger partial charge on any atom is -0.493 e. The predicted octanol–water partition coefficient (Wildman–Crippen LogP) is 4.41. The SMILES string of the molecule is Cc1cc(COc2ccc(S(=O)(=O)c3ccsc3-c3[nH]c(=O)[nH]c3O)cc2)c2ccccc2n1. The second-order valence-electron chi connectivity index (χ2n) is 7.62. The first kappa shape index (κ1) is 21.9. The maximum atomic E-state index is 13.3. The number of imidazole rings is 1. The molecule has 10 heteroatoms. The van der Waals surface area contributed by atoms with E-state index in [2.05, 4.69) is 15.0 Å². The van der Waals surface area contributed by atoms with Crippen LogP contribution >= 0.6 is 11.3 Å². The zero-order valence-electron chi connectivity index (χ0n) is 17.9. The number of sulfone groups is 1. The summed E-state index contributed by atoms with van der Waals surface area (Å²) >= 11 is 1.10. The summed E-state index contributed by atoms with van der Waals surface area (Å²) in [5, 5.41) is 12.5. The molecule has 5 aromatic rings. The van der Waals surface area contributed by atoms with E-state index in [4.69, 9.17) is 4.74 Å². The van der Waals surface area contributed by atoms with Gasteiger partial charge in [-0.15, -0.1) is 11.3 Å². The fourth-order valence-corrected chi connectivity index (χ4v) is 6.44. The number of rotatable bonds is 6. The van der Waals surface area contributed by atoms with Gasteiger partial charge >= 0.3 is 5.69 Å². The van der Waals surface area contributed by atoms with E-state index in [0.717, 1.165) is 33.5 Å². The molecule has 0 radical (unpaired) electrons. The third kappa shape index (κ3) is 3.97. The third-order valence-electron chi connectivity index (χ3n) is 5.31. The van der Waals surface area contributed by atoms with E-state index >= 15 is 0 Å². The Kier molecular flexibility index (Phi) is 5.46. The molecule has 3 aromatic heterocycles. The highest BCUT2D eigenvalue weighted by atomic mass is 32.2. The standard InChI is InChI=1S/C24H19N3O5S2/c1-14-12-15(18-4-2-3-5-19(18)25-14)13-32-16-6-8-17(9-7-16)34(30,31)20-10-11-33-22(20)21-23(28)27-24(29)26-21/h2-12,28H,13H2,1H3,(H2,26,27,29). The topological polar surface area (TPSA) is 125 Å². The molecule has 0 amide bonds. The summed E-state index contributed by atoms with van der Waals surface area (Å²) in [6.45, 7) is 2.24. The van der Waals surface area contributed by atoms with E-state index in [9.17, 15) is 18.3 Å². The zero-order valence-corrected chi connectivity index (χ0v) is 19.5. The molecule has 5 rings (SSSR count). The number of ether oxygens (including phenoxy) is 1. The molecule has 0 aliphatic carbocycles. The highest BCUT2D eigenvalue weighted by molar-refractivity contribution is 7.91. The molecule has 0 saturated carbocycles. The van der Waals surface area contributed by atoms with Crippen LogP contribution in [0.1, 0.15) is 11.3 Å². The van der Waals surface area contributed by atoms with Crippen LogP contribution < -0.4 is 10.4 Å². The van der Waals surface area contributed by atoms with Crippen molar-refractivity contribution in [2.45, 2.75) is 23.3 Å². The van der Waals surface area contributed by atoms with Gasteiger partial charge in [0.05, 0.1) is 20.2 Å². The molecule has 172 valence electrons. The lowest BCUT2D eigenvalue weighted by atomic mass is 10.1. The number of aromatic amines is 2. The van der Waals surface area contributed by atoms with Crippen LogP contribution in [0.25, 0.3) is 21.5 Å². The van der Waals surface area contributed by atoms with Gasteiger partial charge in [-0.3, -0.25) is 9.97 Å². The first-order valence-corrected chi connectivity index (χ1v) is 12.6. The lowest BCUT2D eigenvalue weighted by Crippen LogP contribution is -2.04. The summed E-state index contributed by atoms with van der Waals surface area (Å²) in [5.74, 6) is 0.113. The maximum Gasteiger partial charge on any atom is 0.326 e. The highest BCUT2D eigenvalue weighted by Crippen LogP contribution is 2.38. The summed E-state index contributed by atoms with van der Waals surface area (Å²) in [4.78, 5) is 21.0. The normalized spacial score (nSPS) is 11.7. The molecular weight excluding hydrogens is 474 g/mol. The van der Waals surface area contributed by atoms with Crippen molar-refractivity contribution in [3.8, 4) is 22.2 Å². The molecule has 0 atom stereocenters. The molecule has 2 aromatic carbocycles. The molecule has 0 saturated heterocycles. The Morgan fingerprint density at radius 2 is 1.82 bits per heavy atom. The molecule has 0 bridgehead atoms. The number of benzene rings is 2. The first-order valence-electron chi connectivity index (χ1n) is 10.3. The van der Waals surface area contributed by atoms with E-state index in [1.54, 1.807) is 17.5 Å². The number of aryl methyl sites for hydroxylation is 1. The molecule has 0 aliphatic rings. The van der Waals surface area contributed by atoms with Crippen molar-refractivity contribution >= 4 is 32.1 Å². The lowest BCUT2D eigenvalue weighted by molar-refractivity contribution is 0.307. The molecule has 0 fully saturated rings. The van der Waals surface area contributed by atoms with Gasteiger partial charge in [-0.2, -0.15) is 0 Å². The van der Waals surface area contributed by atoms with Crippen LogP contribution in [0.5, 0.6) is 11.6 Å². The van der Waals surface area contributed by atoms with Gasteiger partial charge in [0.15, 0.2) is 0 Å². The smallest absolute Gasteiger partial charge is 0.326 e. The van der Waals surface area contributed by atoms with Gasteiger partial charge in [0, 0.05) is 16.6 Å². The Labute approximate surface area is 198 Å². The average Bonchev–Trinajstić information content (AvgIpc) is 3.44. The van der Waals surface area contributed by atoms with E-state index in [-0.39, 0.29) is 20.4 Å². The predicted molar refractivity (Wildman–Crippen MR) is 129 cm³/mol. The summed E-state index contributed by atoms with van der Waals surface area (Å²) in [6.07, 6.45) is 0. The average molecular weight is 494 g/mol. The molecular formula is C24H19N3O5S2. The van der Waals surface area contributed by atoms with Crippen molar-refractivity contribution in [2.75, 3.05) is 0 Å². The molecule has 0 unspecified atom stereocenters. The number of pyridine rings is 1. The van der Waals surface area contributed by atoms with Gasteiger partial charge in [-0.25, -0.2) is 13.2 Å². The number of nitrogens with one attached hydrogen (secondary N) is 2. The van der Waals surface area contributed by atoms with Crippen molar-refractivity contribution in [3.05, 3.63) is 87.8 Å². The van der Waals surface area contributed by atoms with Crippen LogP contribution in [0, 0.1) is 6.92 Å². The Bertz CT molecular complexity index is 1670. The number of hydrogen-bond donors (Lipinski definition) is 3. The second-order valence-corrected chi connectivity index (χ2v) is 10.5. The fraction of sp³-hybridized carbons (Fsp3) is 0.0833. The van der Waals surface area contributed by atoms with Crippen LogP contribution in [-0.2, 0) is 16.4 Å². The lowest BCUT2D eigenvalue weighted by Gasteiger charge is -2.11. The largest absolute Gasteiger partial charge is 0.493 e.